The Hall–Kier alpha value is -4.25. The van der Waals surface area contributed by atoms with Crippen LogP contribution in [0, 0.1) is 0 Å². The maximum Gasteiger partial charge on any atom is 0.306 e. The molecule has 5 rings (SSSR count). The van der Waals surface area contributed by atoms with Crippen molar-refractivity contribution in [2.24, 2.45) is 15.7 Å². The van der Waals surface area contributed by atoms with Crippen LogP contribution in [0.5, 0.6) is 5.75 Å². The monoisotopic (exact) mass is 521 g/mol. The highest BCUT2D eigenvalue weighted by Crippen LogP contribution is 2.42. The van der Waals surface area contributed by atoms with E-state index in [1.165, 1.54) is 0 Å². The second-order valence-corrected chi connectivity index (χ2v) is 10.1. The lowest BCUT2D eigenvalue weighted by molar-refractivity contribution is -0.134. The van der Waals surface area contributed by atoms with E-state index < -0.39 is 21.6 Å². The van der Waals surface area contributed by atoms with Gasteiger partial charge in [0.15, 0.2) is 11.5 Å². The van der Waals surface area contributed by atoms with Crippen LogP contribution in [0.15, 0.2) is 83.0 Å². The van der Waals surface area contributed by atoms with Crippen molar-refractivity contribution in [3.63, 3.8) is 0 Å². The number of aliphatic imine (C=N–C) groups is 2. The van der Waals surface area contributed by atoms with Crippen LogP contribution in [0.4, 0.5) is 0 Å². The summed E-state index contributed by atoms with van der Waals surface area (Å²) in [5.74, 6) is 0.584. The van der Waals surface area contributed by atoms with Crippen molar-refractivity contribution >= 4 is 27.9 Å². The molecule has 1 aromatic heterocycles. The number of carboxylic acid groups (broad SMARTS) is 1. The smallest absolute Gasteiger partial charge is 0.306 e. The summed E-state index contributed by atoms with van der Waals surface area (Å²) in [5.41, 5.74) is 9.15. The van der Waals surface area contributed by atoms with Gasteiger partial charge in [0, 0.05) is 32.4 Å². The van der Waals surface area contributed by atoms with Gasteiger partial charge in [-0.2, -0.15) is 8.42 Å². The summed E-state index contributed by atoms with van der Waals surface area (Å²) in [6, 6.07) is 18.9. The van der Waals surface area contributed by atoms with Crippen molar-refractivity contribution < 1.29 is 22.5 Å². The molecule has 0 radical (unpaired) electrons. The number of aromatic nitrogens is 1. The molecular formula is C26H27N5O5S. The molecule has 1 unspecified atom stereocenters. The molecule has 3 aromatic rings. The third-order valence-corrected chi connectivity index (χ3v) is 6.23. The molecule has 0 fully saturated rings. The summed E-state index contributed by atoms with van der Waals surface area (Å²) in [7, 11) is -3.63. The molecule has 0 bridgehead atoms. The highest BCUT2D eigenvalue weighted by molar-refractivity contribution is 7.86. The molecule has 11 heteroatoms. The molecule has 0 amide bonds. The molecule has 192 valence electrons. The number of benzene rings is 2. The van der Waals surface area contributed by atoms with E-state index in [2.05, 4.69) is 11.1 Å². The summed E-state index contributed by atoms with van der Waals surface area (Å²) in [6.45, 7) is 2.52. The van der Waals surface area contributed by atoms with Gasteiger partial charge >= 0.3 is 10.1 Å². The van der Waals surface area contributed by atoms with E-state index in [4.69, 9.17) is 29.8 Å². The van der Waals surface area contributed by atoms with Gasteiger partial charge < -0.3 is 15.0 Å². The predicted molar refractivity (Wildman–Crippen MR) is 141 cm³/mol. The Morgan fingerprint density at radius 3 is 2.43 bits per heavy atom. The number of carbonyl (C=O) groups is 1. The number of aliphatic carboxylic acids is 1. The van der Waals surface area contributed by atoms with Crippen LogP contribution in [-0.2, 0) is 20.5 Å². The van der Waals surface area contributed by atoms with E-state index in [9.17, 15) is 8.42 Å². The van der Waals surface area contributed by atoms with Crippen molar-refractivity contribution in [2.75, 3.05) is 19.3 Å². The molecule has 0 saturated carbocycles. The van der Waals surface area contributed by atoms with E-state index in [1.54, 1.807) is 18.3 Å². The molecule has 3 N–H and O–H groups in total. The molecule has 0 spiro atoms. The van der Waals surface area contributed by atoms with Gasteiger partial charge in [-0.15, -0.1) is 0 Å². The third-order valence-electron chi connectivity index (χ3n) is 5.73. The Bertz CT molecular complexity index is 1450. The summed E-state index contributed by atoms with van der Waals surface area (Å²) < 4.78 is 28.1. The number of pyridine rings is 1. The molecule has 2 aliphatic rings. The molecule has 0 aliphatic carbocycles. The first kappa shape index (κ1) is 25.8. The minimum Gasteiger partial charge on any atom is -0.481 e. The van der Waals surface area contributed by atoms with Crippen molar-refractivity contribution in [1.82, 2.24) is 9.88 Å². The van der Waals surface area contributed by atoms with E-state index in [-0.39, 0.29) is 5.75 Å². The first-order chi connectivity index (χ1) is 17.6. The van der Waals surface area contributed by atoms with Gasteiger partial charge in [0.1, 0.15) is 11.6 Å². The molecule has 1 atom stereocenters. The van der Waals surface area contributed by atoms with Gasteiger partial charge in [-0.1, -0.05) is 36.4 Å². The van der Waals surface area contributed by atoms with E-state index in [0.29, 0.717) is 12.5 Å². The van der Waals surface area contributed by atoms with Crippen LogP contribution in [0.2, 0.25) is 0 Å². The van der Waals surface area contributed by atoms with Crippen molar-refractivity contribution in [3.05, 3.63) is 84.2 Å². The van der Waals surface area contributed by atoms with Crippen LogP contribution in [0.3, 0.4) is 0 Å². The van der Waals surface area contributed by atoms with Gasteiger partial charge in [0.2, 0.25) is 0 Å². The van der Waals surface area contributed by atoms with Crippen LogP contribution < -0.4 is 9.92 Å². The number of carboxylic acids is 1. The lowest BCUT2D eigenvalue weighted by Crippen LogP contribution is -2.46. The standard InChI is InChI=1S/C24H23N5O3S.C2H4O2/c1-33(30,31)32-21-10-8-19(9-11-21)24(22-27-13-4-14-29(22)23(25)28-24)20-7-2-5-17(15-20)18-6-3-12-26-16-18;1-2(3)4/h2-3,5-12,15-16H,4,13-14H2,1H3,(H2,25,28);1H3,(H,3,4). The SMILES string of the molecule is CC(=O)O.CS(=O)(=O)Oc1ccc(C2(c3cccc(-c4cccnc4)c3)N=C(N)N3CCCN=C32)cc1. The number of nitrogens with zero attached hydrogens (tertiary/aromatic N) is 4. The minimum absolute atomic E-state index is 0.234. The number of fused-ring (bicyclic) bond motifs is 1. The number of hydrogen-bond donors (Lipinski definition) is 2. The maximum atomic E-state index is 11.5. The fraction of sp³-hybridized carbons (Fsp3) is 0.231. The summed E-state index contributed by atoms with van der Waals surface area (Å²) in [4.78, 5) is 25.0. The number of amidine groups is 1. The average Bonchev–Trinajstić information content (AvgIpc) is 3.17. The second-order valence-electron chi connectivity index (χ2n) is 8.54. The van der Waals surface area contributed by atoms with Gasteiger partial charge in [-0.3, -0.25) is 19.7 Å². The fourth-order valence-corrected chi connectivity index (χ4v) is 4.82. The summed E-state index contributed by atoms with van der Waals surface area (Å²) in [6.07, 6.45) is 5.47. The number of nitrogens with two attached hydrogens (primary N) is 1. The van der Waals surface area contributed by atoms with Crippen LogP contribution in [0.1, 0.15) is 24.5 Å². The Kier molecular flexibility index (Phi) is 7.25. The quantitative estimate of drug-likeness (QED) is 0.487. The van der Waals surface area contributed by atoms with Gasteiger partial charge in [0.05, 0.1) is 6.26 Å². The van der Waals surface area contributed by atoms with Crippen LogP contribution in [-0.4, -0.2) is 60.5 Å². The highest BCUT2D eigenvalue weighted by atomic mass is 32.2. The van der Waals surface area contributed by atoms with Crippen LogP contribution >= 0.6 is 0 Å². The van der Waals surface area contributed by atoms with Crippen molar-refractivity contribution in [1.29, 1.82) is 0 Å². The third kappa shape index (κ3) is 5.61. The number of hydrogen-bond acceptors (Lipinski definition) is 9. The minimum atomic E-state index is -3.63. The summed E-state index contributed by atoms with van der Waals surface area (Å²) in [5, 5.41) is 7.42. The van der Waals surface area contributed by atoms with E-state index in [0.717, 1.165) is 54.2 Å². The number of guanidine groups is 1. The molecule has 2 aromatic carbocycles. The molecule has 2 aliphatic heterocycles. The first-order valence-corrected chi connectivity index (χ1v) is 13.3. The Labute approximate surface area is 215 Å². The molecule has 37 heavy (non-hydrogen) atoms. The zero-order valence-electron chi connectivity index (χ0n) is 20.4. The largest absolute Gasteiger partial charge is 0.481 e. The zero-order valence-corrected chi connectivity index (χ0v) is 21.2. The first-order valence-electron chi connectivity index (χ1n) is 11.5. The number of rotatable bonds is 5. The van der Waals surface area contributed by atoms with Crippen LogP contribution in [0.25, 0.3) is 11.1 Å². The predicted octanol–water partition coefficient (Wildman–Crippen LogP) is 2.85. The van der Waals surface area contributed by atoms with Crippen molar-refractivity contribution in [2.45, 2.75) is 18.9 Å². The highest BCUT2D eigenvalue weighted by Gasteiger charge is 2.49. The zero-order chi connectivity index (χ0) is 26.6. The normalized spacial score (nSPS) is 18.6. The molecule has 0 saturated heterocycles. The average molecular weight is 522 g/mol. The Morgan fingerprint density at radius 2 is 1.78 bits per heavy atom. The molecular weight excluding hydrogens is 494 g/mol. The Balaban J connectivity index is 0.000000747. The summed E-state index contributed by atoms with van der Waals surface area (Å²) >= 11 is 0. The Morgan fingerprint density at radius 1 is 1.08 bits per heavy atom. The van der Waals surface area contributed by atoms with Gasteiger partial charge in [0.25, 0.3) is 5.97 Å². The lowest BCUT2D eigenvalue weighted by atomic mass is 9.81. The van der Waals surface area contributed by atoms with E-state index in [1.807, 2.05) is 53.6 Å². The van der Waals surface area contributed by atoms with E-state index >= 15 is 0 Å². The van der Waals surface area contributed by atoms with Gasteiger partial charge in [-0.05, 0) is 52.9 Å². The molecule has 10 nitrogen and oxygen atoms in total. The second kappa shape index (κ2) is 10.4. The lowest BCUT2D eigenvalue weighted by Gasteiger charge is -2.33. The van der Waals surface area contributed by atoms with Crippen molar-refractivity contribution in [3.8, 4) is 16.9 Å². The fourth-order valence-electron chi connectivity index (χ4n) is 4.36. The topological polar surface area (TPSA) is 148 Å². The molecule has 3 heterocycles. The van der Waals surface area contributed by atoms with Gasteiger partial charge in [-0.25, -0.2) is 4.99 Å². The maximum absolute atomic E-state index is 11.5.